The van der Waals surface area contributed by atoms with Gasteiger partial charge in [-0.15, -0.1) is 0 Å². The van der Waals surface area contributed by atoms with Crippen molar-refractivity contribution in [1.29, 1.82) is 0 Å². The monoisotopic (exact) mass is 341 g/mol. The fourth-order valence-corrected chi connectivity index (χ4v) is 2.76. The van der Waals surface area contributed by atoms with Crippen molar-refractivity contribution in [2.45, 2.75) is 58.6 Å². The van der Waals surface area contributed by atoms with Gasteiger partial charge in [0.2, 0.25) is 0 Å². The molecule has 2 nitrogen and oxygen atoms in total. The molecule has 0 fully saturated rings. The van der Waals surface area contributed by atoms with Gasteiger partial charge in [0.25, 0.3) is 0 Å². The number of halogens is 1. The third-order valence-corrected chi connectivity index (χ3v) is 4.43. The minimum absolute atomic E-state index is 0.374. The van der Waals surface area contributed by atoms with Crippen LogP contribution in [0.3, 0.4) is 0 Å². The minimum Gasteiger partial charge on any atom is -0.388 e. The van der Waals surface area contributed by atoms with Crippen LogP contribution in [0, 0.1) is 0 Å². The molecule has 3 heteroatoms. The van der Waals surface area contributed by atoms with Crippen LogP contribution in [0.2, 0.25) is 0 Å². The lowest BCUT2D eigenvalue weighted by Crippen LogP contribution is -2.35. The van der Waals surface area contributed by atoms with Gasteiger partial charge in [0.1, 0.15) is 0 Å². The van der Waals surface area contributed by atoms with E-state index >= 15 is 0 Å². The fraction of sp³-hybridized carbons (Fsp3) is 0.647. The molecule has 0 aliphatic carbocycles. The van der Waals surface area contributed by atoms with Crippen molar-refractivity contribution in [2.75, 3.05) is 13.1 Å². The summed E-state index contributed by atoms with van der Waals surface area (Å²) in [7, 11) is 0. The van der Waals surface area contributed by atoms with Crippen LogP contribution in [0.1, 0.15) is 58.1 Å². The summed E-state index contributed by atoms with van der Waals surface area (Å²) in [5.74, 6) is 0. The molecule has 2 unspecified atom stereocenters. The van der Waals surface area contributed by atoms with Gasteiger partial charge in [-0.1, -0.05) is 48.3 Å². The molecule has 1 rings (SSSR count). The van der Waals surface area contributed by atoms with Crippen molar-refractivity contribution in [3.63, 3.8) is 0 Å². The Morgan fingerprint density at radius 1 is 1.25 bits per heavy atom. The molecule has 20 heavy (non-hydrogen) atoms. The van der Waals surface area contributed by atoms with E-state index in [1.807, 2.05) is 24.3 Å². The van der Waals surface area contributed by atoms with Crippen molar-refractivity contribution in [3.8, 4) is 0 Å². The lowest BCUT2D eigenvalue weighted by Gasteiger charge is -2.29. The average molecular weight is 342 g/mol. The maximum absolute atomic E-state index is 10.3. The highest BCUT2D eigenvalue weighted by atomic mass is 79.9. The molecular formula is C17H28BrNO. The van der Waals surface area contributed by atoms with E-state index in [-0.39, 0.29) is 6.10 Å². The Balaban J connectivity index is 2.53. The zero-order valence-electron chi connectivity index (χ0n) is 13.0. The first-order chi connectivity index (χ1) is 9.58. The van der Waals surface area contributed by atoms with Gasteiger partial charge in [0, 0.05) is 17.1 Å². The molecule has 0 radical (unpaired) electrons. The number of unbranched alkanes of at least 4 members (excludes halogenated alkanes) is 1. The topological polar surface area (TPSA) is 23.5 Å². The molecule has 114 valence electrons. The second kappa shape index (κ2) is 9.54. The van der Waals surface area contributed by atoms with Crippen LogP contribution in [0.4, 0.5) is 0 Å². The standard InChI is InChI=1S/C17H28BrNO/c1-4-6-11-19(14(3)5-2)12-10-17(20)15-8-7-9-16(18)13-15/h7-9,13-14,17,20H,4-6,10-12H2,1-3H3. The Kier molecular flexibility index (Phi) is 8.43. The summed E-state index contributed by atoms with van der Waals surface area (Å²) < 4.78 is 1.03. The zero-order valence-corrected chi connectivity index (χ0v) is 14.6. The molecule has 0 bridgehead atoms. The molecule has 0 aliphatic heterocycles. The van der Waals surface area contributed by atoms with Crippen LogP contribution in [-0.4, -0.2) is 29.1 Å². The van der Waals surface area contributed by atoms with Crippen LogP contribution in [-0.2, 0) is 0 Å². The maximum Gasteiger partial charge on any atom is 0.0802 e. The predicted octanol–water partition coefficient (Wildman–Crippen LogP) is 4.77. The zero-order chi connectivity index (χ0) is 15.0. The number of nitrogens with zero attached hydrogens (tertiary/aromatic N) is 1. The average Bonchev–Trinajstić information content (AvgIpc) is 2.46. The number of hydrogen-bond donors (Lipinski definition) is 1. The van der Waals surface area contributed by atoms with E-state index < -0.39 is 0 Å². The lowest BCUT2D eigenvalue weighted by atomic mass is 10.1. The first kappa shape index (κ1) is 17.7. The third kappa shape index (κ3) is 5.94. The van der Waals surface area contributed by atoms with E-state index in [1.54, 1.807) is 0 Å². The molecule has 2 atom stereocenters. The Morgan fingerprint density at radius 2 is 2.00 bits per heavy atom. The first-order valence-electron chi connectivity index (χ1n) is 7.76. The van der Waals surface area contributed by atoms with Crippen LogP contribution in [0.5, 0.6) is 0 Å². The van der Waals surface area contributed by atoms with Gasteiger partial charge in [-0.2, -0.15) is 0 Å². The highest BCUT2D eigenvalue weighted by Crippen LogP contribution is 2.21. The van der Waals surface area contributed by atoms with E-state index in [9.17, 15) is 5.11 Å². The van der Waals surface area contributed by atoms with Gasteiger partial charge in [-0.05, 0) is 50.4 Å². The highest BCUT2D eigenvalue weighted by molar-refractivity contribution is 9.10. The second-order valence-electron chi connectivity index (χ2n) is 5.51. The largest absolute Gasteiger partial charge is 0.388 e. The van der Waals surface area contributed by atoms with Crippen LogP contribution >= 0.6 is 15.9 Å². The maximum atomic E-state index is 10.3. The third-order valence-electron chi connectivity index (χ3n) is 3.94. The van der Waals surface area contributed by atoms with E-state index in [2.05, 4.69) is 41.6 Å². The smallest absolute Gasteiger partial charge is 0.0802 e. The molecular weight excluding hydrogens is 314 g/mol. The molecule has 0 aromatic heterocycles. The van der Waals surface area contributed by atoms with Crippen molar-refractivity contribution < 1.29 is 5.11 Å². The molecule has 0 aliphatic rings. The first-order valence-corrected chi connectivity index (χ1v) is 8.55. The second-order valence-corrected chi connectivity index (χ2v) is 6.42. The summed E-state index contributed by atoms with van der Waals surface area (Å²) in [4.78, 5) is 2.50. The molecule has 0 amide bonds. The molecule has 0 spiro atoms. The van der Waals surface area contributed by atoms with E-state index in [4.69, 9.17) is 0 Å². The normalized spacial score (nSPS) is 14.5. The molecule has 0 saturated heterocycles. The van der Waals surface area contributed by atoms with E-state index in [0.717, 1.165) is 36.0 Å². The Labute approximate surface area is 132 Å². The lowest BCUT2D eigenvalue weighted by molar-refractivity contribution is 0.124. The fourth-order valence-electron chi connectivity index (χ4n) is 2.34. The summed E-state index contributed by atoms with van der Waals surface area (Å²) in [6.07, 6.45) is 4.04. The van der Waals surface area contributed by atoms with Crippen molar-refractivity contribution in [1.82, 2.24) is 4.90 Å². The molecule has 1 aromatic carbocycles. The quantitative estimate of drug-likeness (QED) is 0.699. The Morgan fingerprint density at radius 3 is 2.60 bits per heavy atom. The number of rotatable bonds is 9. The summed E-state index contributed by atoms with van der Waals surface area (Å²) in [6, 6.07) is 8.56. The van der Waals surface area contributed by atoms with Crippen molar-refractivity contribution in [3.05, 3.63) is 34.3 Å². The van der Waals surface area contributed by atoms with Crippen LogP contribution in [0.15, 0.2) is 28.7 Å². The Hall–Kier alpha value is -0.380. The highest BCUT2D eigenvalue weighted by Gasteiger charge is 2.14. The van der Waals surface area contributed by atoms with Gasteiger partial charge in [-0.3, -0.25) is 0 Å². The van der Waals surface area contributed by atoms with Gasteiger partial charge in [0.05, 0.1) is 6.10 Å². The number of benzene rings is 1. The van der Waals surface area contributed by atoms with Gasteiger partial charge in [-0.25, -0.2) is 0 Å². The number of aliphatic hydroxyl groups excluding tert-OH is 1. The van der Waals surface area contributed by atoms with Crippen molar-refractivity contribution in [2.24, 2.45) is 0 Å². The van der Waals surface area contributed by atoms with Gasteiger partial charge in [0.15, 0.2) is 0 Å². The van der Waals surface area contributed by atoms with Crippen LogP contribution in [0.25, 0.3) is 0 Å². The molecule has 1 N–H and O–H groups in total. The molecule has 0 saturated carbocycles. The van der Waals surface area contributed by atoms with Crippen molar-refractivity contribution >= 4 is 15.9 Å². The summed E-state index contributed by atoms with van der Waals surface area (Å²) in [5, 5.41) is 10.3. The minimum atomic E-state index is -0.374. The predicted molar refractivity (Wildman–Crippen MR) is 90.0 cm³/mol. The van der Waals surface area contributed by atoms with Gasteiger partial charge >= 0.3 is 0 Å². The van der Waals surface area contributed by atoms with Gasteiger partial charge < -0.3 is 10.0 Å². The Bertz CT molecular complexity index is 383. The van der Waals surface area contributed by atoms with E-state index in [1.165, 1.54) is 12.8 Å². The number of aliphatic hydroxyl groups is 1. The molecule has 1 aromatic rings. The molecule has 0 heterocycles. The number of hydrogen-bond acceptors (Lipinski definition) is 2. The SMILES string of the molecule is CCCCN(CCC(O)c1cccc(Br)c1)C(C)CC. The van der Waals surface area contributed by atoms with E-state index in [0.29, 0.717) is 6.04 Å². The summed E-state index contributed by atoms with van der Waals surface area (Å²) in [5.41, 5.74) is 0.999. The summed E-state index contributed by atoms with van der Waals surface area (Å²) in [6.45, 7) is 8.83. The summed E-state index contributed by atoms with van der Waals surface area (Å²) >= 11 is 3.46. The van der Waals surface area contributed by atoms with Crippen LogP contribution < -0.4 is 0 Å².